The Morgan fingerprint density at radius 3 is 2.50 bits per heavy atom. The summed E-state index contributed by atoms with van der Waals surface area (Å²) in [6, 6.07) is 3.06. The molecule has 148 valence electrons. The molecule has 28 heavy (non-hydrogen) atoms. The minimum absolute atomic E-state index is 0.0147. The Morgan fingerprint density at radius 2 is 1.86 bits per heavy atom. The topological polar surface area (TPSA) is 67.8 Å². The summed E-state index contributed by atoms with van der Waals surface area (Å²) in [7, 11) is 0. The van der Waals surface area contributed by atoms with E-state index in [1.807, 2.05) is 0 Å². The average molecular weight is 423 g/mol. The summed E-state index contributed by atoms with van der Waals surface area (Å²) in [6.45, 7) is 0. The number of nitrogens with one attached hydrogen (secondary N) is 1. The summed E-state index contributed by atoms with van der Waals surface area (Å²) in [6.07, 6.45) is 9.00. The van der Waals surface area contributed by atoms with E-state index in [2.05, 4.69) is 20.5 Å². The van der Waals surface area contributed by atoms with Crippen molar-refractivity contribution in [2.45, 2.75) is 54.7 Å². The molecule has 2 aromatic heterocycles. The highest BCUT2D eigenvalue weighted by Crippen LogP contribution is 2.61. The fourth-order valence-corrected chi connectivity index (χ4v) is 7.30. The molecule has 4 fully saturated rings. The van der Waals surface area contributed by atoms with Crippen LogP contribution in [-0.2, 0) is 5.41 Å². The minimum atomic E-state index is -2.63. The van der Waals surface area contributed by atoms with Crippen LogP contribution in [0.5, 0.6) is 0 Å². The fraction of sp³-hybridized carbons (Fsp3) is 0.579. The van der Waals surface area contributed by atoms with Crippen LogP contribution in [0.1, 0.15) is 53.9 Å². The third kappa shape index (κ3) is 3.32. The highest BCUT2D eigenvalue weighted by molar-refractivity contribution is 7.99. The van der Waals surface area contributed by atoms with Gasteiger partial charge in [-0.2, -0.15) is 8.78 Å². The molecule has 4 bridgehead atoms. The van der Waals surface area contributed by atoms with Gasteiger partial charge in [-0.15, -0.1) is 10.2 Å². The highest BCUT2D eigenvalue weighted by Gasteiger charge is 2.53. The van der Waals surface area contributed by atoms with E-state index in [0.29, 0.717) is 5.13 Å². The van der Waals surface area contributed by atoms with Crippen LogP contribution >= 0.6 is 23.1 Å². The molecule has 0 saturated heterocycles. The molecule has 5 nitrogen and oxygen atoms in total. The predicted octanol–water partition coefficient (Wildman–Crippen LogP) is 4.97. The zero-order valence-corrected chi connectivity index (χ0v) is 16.7. The van der Waals surface area contributed by atoms with Gasteiger partial charge in [0.2, 0.25) is 5.13 Å². The number of alkyl halides is 2. The summed E-state index contributed by atoms with van der Waals surface area (Å²) in [5.74, 6) is -0.706. The highest BCUT2D eigenvalue weighted by atomic mass is 32.2. The van der Waals surface area contributed by atoms with Crippen LogP contribution < -0.4 is 5.32 Å². The van der Waals surface area contributed by atoms with Gasteiger partial charge in [-0.1, -0.05) is 11.3 Å². The van der Waals surface area contributed by atoms with Gasteiger partial charge in [0.25, 0.3) is 11.7 Å². The quantitative estimate of drug-likeness (QED) is 0.689. The third-order valence-electron chi connectivity index (χ3n) is 6.35. The lowest BCUT2D eigenvalue weighted by molar-refractivity contribution is -0.00555. The van der Waals surface area contributed by atoms with Crippen LogP contribution in [0.4, 0.5) is 13.9 Å². The van der Waals surface area contributed by atoms with E-state index in [1.165, 1.54) is 62.1 Å². The lowest BCUT2D eigenvalue weighted by Gasteiger charge is -2.55. The zero-order chi connectivity index (χ0) is 19.3. The summed E-state index contributed by atoms with van der Waals surface area (Å²) >= 11 is 1.70. The minimum Gasteiger partial charge on any atom is -0.296 e. The number of amides is 1. The van der Waals surface area contributed by atoms with E-state index in [1.54, 1.807) is 6.07 Å². The zero-order valence-electron chi connectivity index (χ0n) is 15.1. The summed E-state index contributed by atoms with van der Waals surface area (Å²) in [5, 5.41) is 12.8. The van der Waals surface area contributed by atoms with E-state index in [4.69, 9.17) is 0 Å². The SMILES string of the molecule is O=C(Nc1nnc(C23CC4CC(CC(C4)C2)C3)s1)c1cccnc1SC(F)F. The van der Waals surface area contributed by atoms with Crippen molar-refractivity contribution in [3.05, 3.63) is 28.9 Å². The van der Waals surface area contributed by atoms with E-state index in [-0.39, 0.29) is 27.8 Å². The Kier molecular flexibility index (Phi) is 4.62. The lowest BCUT2D eigenvalue weighted by Crippen LogP contribution is -2.48. The Labute approximate surface area is 169 Å². The number of nitrogens with zero attached hydrogens (tertiary/aromatic N) is 3. The number of hydrogen-bond acceptors (Lipinski definition) is 6. The first-order valence-electron chi connectivity index (χ1n) is 9.56. The Balaban J connectivity index is 1.35. The molecular weight excluding hydrogens is 402 g/mol. The molecule has 4 aliphatic carbocycles. The van der Waals surface area contributed by atoms with Crippen molar-refractivity contribution in [2.75, 3.05) is 5.32 Å². The van der Waals surface area contributed by atoms with Gasteiger partial charge in [0, 0.05) is 11.6 Å². The van der Waals surface area contributed by atoms with Crippen LogP contribution in [0.15, 0.2) is 23.4 Å². The number of carbonyl (C=O) groups excluding carboxylic acids is 1. The van der Waals surface area contributed by atoms with Gasteiger partial charge in [0.1, 0.15) is 10.0 Å². The van der Waals surface area contributed by atoms with E-state index in [9.17, 15) is 13.6 Å². The Hall–Kier alpha value is -1.61. The molecule has 0 unspecified atom stereocenters. The standard InChI is InChI=1S/C19H20F2N4OS2/c20-17(21)27-15-13(2-1-3-22-15)14(26)23-18-25-24-16(28-18)19-7-10-4-11(8-19)6-12(5-10)9-19/h1-3,10-12,17H,4-9H2,(H,23,25,26). The number of thioether (sulfide) groups is 1. The van der Waals surface area contributed by atoms with Gasteiger partial charge in [-0.3, -0.25) is 10.1 Å². The van der Waals surface area contributed by atoms with Crippen molar-refractivity contribution in [1.82, 2.24) is 15.2 Å². The van der Waals surface area contributed by atoms with E-state index >= 15 is 0 Å². The van der Waals surface area contributed by atoms with Gasteiger partial charge in [0.15, 0.2) is 0 Å². The molecule has 0 spiro atoms. The van der Waals surface area contributed by atoms with Crippen molar-refractivity contribution in [2.24, 2.45) is 17.8 Å². The van der Waals surface area contributed by atoms with Crippen LogP contribution in [0.3, 0.4) is 0 Å². The predicted molar refractivity (Wildman–Crippen MR) is 104 cm³/mol. The first-order chi connectivity index (χ1) is 13.5. The fourth-order valence-electron chi connectivity index (χ4n) is 5.77. The number of halogens is 2. The normalized spacial score (nSPS) is 30.8. The van der Waals surface area contributed by atoms with Crippen LogP contribution in [0.25, 0.3) is 0 Å². The van der Waals surface area contributed by atoms with E-state index < -0.39 is 11.7 Å². The Morgan fingerprint density at radius 1 is 1.18 bits per heavy atom. The van der Waals surface area contributed by atoms with Gasteiger partial charge < -0.3 is 0 Å². The molecular formula is C19H20F2N4OS2. The van der Waals surface area contributed by atoms with Crippen molar-refractivity contribution in [1.29, 1.82) is 0 Å². The maximum Gasteiger partial charge on any atom is 0.290 e. The monoisotopic (exact) mass is 422 g/mol. The first kappa shape index (κ1) is 18.4. The molecule has 0 radical (unpaired) electrons. The number of carbonyl (C=O) groups is 1. The lowest BCUT2D eigenvalue weighted by atomic mass is 9.50. The number of hydrogen-bond donors (Lipinski definition) is 1. The third-order valence-corrected chi connectivity index (χ3v) is 8.17. The maximum atomic E-state index is 12.7. The van der Waals surface area contributed by atoms with Crippen molar-refractivity contribution in [3.8, 4) is 0 Å². The van der Waals surface area contributed by atoms with Crippen molar-refractivity contribution in [3.63, 3.8) is 0 Å². The summed E-state index contributed by atoms with van der Waals surface area (Å²) in [5.41, 5.74) is 0.250. The second-order valence-corrected chi connectivity index (χ2v) is 10.3. The van der Waals surface area contributed by atoms with Gasteiger partial charge >= 0.3 is 0 Å². The maximum absolute atomic E-state index is 12.7. The number of pyridine rings is 1. The van der Waals surface area contributed by atoms with Gasteiger partial charge in [-0.25, -0.2) is 4.98 Å². The Bertz CT molecular complexity index is 868. The van der Waals surface area contributed by atoms with Crippen LogP contribution in [-0.4, -0.2) is 26.8 Å². The number of anilines is 1. The average Bonchev–Trinajstić information content (AvgIpc) is 3.10. The van der Waals surface area contributed by atoms with Crippen molar-refractivity contribution >= 4 is 34.1 Å². The second kappa shape index (κ2) is 7.02. The molecule has 1 amide bonds. The summed E-state index contributed by atoms with van der Waals surface area (Å²) in [4.78, 5) is 16.5. The number of rotatable bonds is 5. The van der Waals surface area contributed by atoms with Crippen LogP contribution in [0, 0.1) is 17.8 Å². The second-order valence-electron chi connectivity index (χ2n) is 8.30. The summed E-state index contributed by atoms with van der Waals surface area (Å²) < 4.78 is 25.4. The van der Waals surface area contributed by atoms with Gasteiger partial charge in [-0.05, 0) is 80.2 Å². The van der Waals surface area contributed by atoms with E-state index in [0.717, 1.165) is 22.8 Å². The molecule has 0 aliphatic heterocycles. The smallest absolute Gasteiger partial charge is 0.290 e. The van der Waals surface area contributed by atoms with Crippen molar-refractivity contribution < 1.29 is 13.6 Å². The van der Waals surface area contributed by atoms with Gasteiger partial charge in [0.05, 0.1) is 5.56 Å². The molecule has 0 aromatic carbocycles. The number of aromatic nitrogens is 3. The molecule has 1 N–H and O–H groups in total. The largest absolute Gasteiger partial charge is 0.296 e. The van der Waals surface area contributed by atoms with Crippen LogP contribution in [0.2, 0.25) is 0 Å². The molecule has 9 heteroatoms. The molecule has 0 atom stereocenters. The molecule has 4 aliphatic rings. The molecule has 2 aromatic rings. The molecule has 4 saturated carbocycles. The first-order valence-corrected chi connectivity index (χ1v) is 11.3. The molecule has 2 heterocycles. The molecule has 6 rings (SSSR count).